The zero-order valence-corrected chi connectivity index (χ0v) is 25.3. The molecule has 2 aromatic rings. The van der Waals surface area contributed by atoms with Gasteiger partial charge in [-0.05, 0) is 51.2 Å². The number of rotatable bonds is 11. The second-order valence-corrected chi connectivity index (χ2v) is 11.1. The van der Waals surface area contributed by atoms with Gasteiger partial charge in [-0.3, -0.25) is 19.2 Å². The summed E-state index contributed by atoms with van der Waals surface area (Å²) in [6, 6.07) is 10.1. The maximum Gasteiger partial charge on any atom is 0.527 e. The number of benzene rings is 1. The molecule has 0 unspecified atom stereocenters. The van der Waals surface area contributed by atoms with Crippen LogP contribution in [0.5, 0.6) is 5.88 Å². The molecule has 3 aliphatic rings. The van der Waals surface area contributed by atoms with Crippen molar-refractivity contribution in [3.05, 3.63) is 42.1 Å². The number of hydrogen-bond acceptors (Lipinski definition) is 10. The summed E-state index contributed by atoms with van der Waals surface area (Å²) in [7, 11) is 0. The molecule has 5 rings (SSSR count). The van der Waals surface area contributed by atoms with Crippen molar-refractivity contribution in [1.82, 2.24) is 35.3 Å². The third kappa shape index (κ3) is 8.09. The normalized spacial score (nSPS) is 18.6. The first-order valence-electron chi connectivity index (χ1n) is 15.4. The van der Waals surface area contributed by atoms with Crippen molar-refractivity contribution in [3.63, 3.8) is 0 Å². The van der Waals surface area contributed by atoms with E-state index in [1.54, 1.807) is 41.0 Å². The fourth-order valence-electron chi connectivity index (χ4n) is 5.37. The van der Waals surface area contributed by atoms with Crippen LogP contribution < -0.4 is 15.4 Å². The molecule has 0 bridgehead atoms. The Morgan fingerprint density at radius 2 is 1.69 bits per heavy atom. The molecule has 1 aliphatic carbocycles. The number of likely N-dealkylation sites (tertiary alicyclic amines) is 1. The predicted octanol–water partition coefficient (Wildman–Crippen LogP) is 0.873. The third-order valence-corrected chi connectivity index (χ3v) is 8.04. The van der Waals surface area contributed by atoms with Gasteiger partial charge in [0.2, 0.25) is 17.7 Å². The van der Waals surface area contributed by atoms with E-state index in [1.165, 1.54) is 15.8 Å². The first kappa shape index (κ1) is 31.8. The second kappa shape index (κ2) is 14.9. The summed E-state index contributed by atoms with van der Waals surface area (Å²) in [5.41, 5.74) is 0.609. The van der Waals surface area contributed by atoms with Crippen LogP contribution >= 0.6 is 0 Å². The van der Waals surface area contributed by atoms with Crippen molar-refractivity contribution in [2.75, 3.05) is 52.5 Å². The monoisotopic (exact) mass is 625 g/mol. The van der Waals surface area contributed by atoms with Crippen LogP contribution in [0.3, 0.4) is 0 Å². The number of amides is 4. The van der Waals surface area contributed by atoms with Crippen molar-refractivity contribution in [1.29, 1.82) is 0 Å². The van der Waals surface area contributed by atoms with E-state index in [1.807, 2.05) is 6.07 Å². The van der Waals surface area contributed by atoms with Crippen molar-refractivity contribution in [3.8, 4) is 11.6 Å². The van der Waals surface area contributed by atoms with Crippen LogP contribution in [0.1, 0.15) is 49.5 Å². The number of ether oxygens (including phenoxy) is 2. The zero-order chi connectivity index (χ0) is 31.8. The number of carbonyl (C=O) groups is 5. The summed E-state index contributed by atoms with van der Waals surface area (Å²) in [5.74, 6) is -1.18. The van der Waals surface area contributed by atoms with Gasteiger partial charge in [0, 0.05) is 31.7 Å². The lowest BCUT2D eigenvalue weighted by molar-refractivity contribution is -0.155. The lowest BCUT2D eigenvalue weighted by atomic mass is 9.93. The number of para-hydroxylation sites is 1. The summed E-state index contributed by atoms with van der Waals surface area (Å²) >= 11 is 0. The molecule has 15 nitrogen and oxygen atoms in total. The van der Waals surface area contributed by atoms with Gasteiger partial charge in [-0.1, -0.05) is 18.2 Å². The Bertz CT molecular complexity index is 1370. The molecule has 45 heavy (non-hydrogen) atoms. The Morgan fingerprint density at radius 1 is 0.933 bits per heavy atom. The Kier molecular flexibility index (Phi) is 10.5. The molecule has 1 aromatic carbocycles. The van der Waals surface area contributed by atoms with Crippen LogP contribution in [0.2, 0.25) is 0 Å². The second-order valence-electron chi connectivity index (χ2n) is 11.1. The Labute approximate surface area is 260 Å². The smallest absolute Gasteiger partial charge is 0.467 e. The van der Waals surface area contributed by atoms with Crippen molar-refractivity contribution in [2.24, 2.45) is 0 Å². The summed E-state index contributed by atoms with van der Waals surface area (Å²) in [6.45, 7) is 2.98. The molecule has 2 N–H and O–H groups in total. The highest BCUT2D eigenvalue weighted by Gasteiger charge is 2.36. The highest BCUT2D eigenvalue weighted by atomic mass is 16.8. The third-order valence-electron chi connectivity index (χ3n) is 8.04. The summed E-state index contributed by atoms with van der Waals surface area (Å²) in [5, 5.41) is 11.5. The highest BCUT2D eigenvalue weighted by molar-refractivity contribution is 5.95. The zero-order valence-electron chi connectivity index (χ0n) is 25.3. The van der Waals surface area contributed by atoms with E-state index in [9.17, 15) is 24.0 Å². The quantitative estimate of drug-likeness (QED) is 0.343. The molecule has 0 radical (unpaired) electrons. The van der Waals surface area contributed by atoms with E-state index >= 15 is 0 Å². The molecule has 1 aromatic heterocycles. The van der Waals surface area contributed by atoms with Crippen LogP contribution in [0.4, 0.5) is 4.79 Å². The van der Waals surface area contributed by atoms with Gasteiger partial charge in [0.15, 0.2) is 12.3 Å². The Balaban J connectivity index is 1.17. The minimum Gasteiger partial charge on any atom is -0.467 e. The van der Waals surface area contributed by atoms with E-state index in [0.29, 0.717) is 44.8 Å². The van der Waals surface area contributed by atoms with Crippen LogP contribution in [-0.2, 0) is 24.0 Å². The van der Waals surface area contributed by atoms with Gasteiger partial charge >= 0.3 is 6.16 Å². The molecule has 0 spiro atoms. The first-order valence-corrected chi connectivity index (χ1v) is 15.4. The SMILES string of the molecule is CCOC(=O)ON1CCN(C(=O)CNC(=O)c2cc(OCC(=O)N3CCC[C@H]3C(=O)NC3CCC3)n(-c3ccccc3)n2)CC1. The predicted molar refractivity (Wildman–Crippen MR) is 158 cm³/mol. The number of piperazine rings is 1. The maximum absolute atomic E-state index is 13.2. The Morgan fingerprint density at radius 3 is 2.38 bits per heavy atom. The summed E-state index contributed by atoms with van der Waals surface area (Å²) < 4.78 is 12.1. The van der Waals surface area contributed by atoms with E-state index < -0.39 is 18.1 Å². The van der Waals surface area contributed by atoms with Gasteiger partial charge in [0.25, 0.3) is 11.8 Å². The molecule has 1 atom stereocenters. The van der Waals surface area contributed by atoms with Crippen molar-refractivity contribution < 1.29 is 38.3 Å². The van der Waals surface area contributed by atoms with Gasteiger partial charge in [-0.25, -0.2) is 9.48 Å². The van der Waals surface area contributed by atoms with Gasteiger partial charge in [-0.15, -0.1) is 5.06 Å². The summed E-state index contributed by atoms with van der Waals surface area (Å²) in [6.07, 6.45) is 3.58. The number of nitrogens with zero attached hydrogens (tertiary/aromatic N) is 5. The minimum absolute atomic E-state index is 0.000633. The van der Waals surface area contributed by atoms with Crippen LogP contribution in [0, 0.1) is 0 Å². The fourth-order valence-corrected chi connectivity index (χ4v) is 5.37. The molecule has 3 fully saturated rings. The van der Waals surface area contributed by atoms with Gasteiger partial charge in [-0.2, -0.15) is 5.10 Å². The molecule has 4 amide bonds. The van der Waals surface area contributed by atoms with Gasteiger partial charge < -0.3 is 34.7 Å². The van der Waals surface area contributed by atoms with Gasteiger partial charge in [0.05, 0.1) is 31.9 Å². The minimum atomic E-state index is -0.793. The molecule has 1 saturated carbocycles. The number of hydroxylamine groups is 2. The van der Waals surface area contributed by atoms with E-state index in [2.05, 4.69) is 15.7 Å². The lowest BCUT2D eigenvalue weighted by Gasteiger charge is -2.32. The van der Waals surface area contributed by atoms with Gasteiger partial charge in [0.1, 0.15) is 6.04 Å². The van der Waals surface area contributed by atoms with E-state index in [0.717, 1.165) is 25.7 Å². The van der Waals surface area contributed by atoms with Crippen molar-refractivity contribution >= 4 is 29.8 Å². The molecular formula is C30H39N7O8. The van der Waals surface area contributed by atoms with Crippen LogP contribution in [0.15, 0.2) is 36.4 Å². The number of aromatic nitrogens is 2. The molecule has 2 saturated heterocycles. The Hall–Kier alpha value is -4.66. The molecule has 3 heterocycles. The highest BCUT2D eigenvalue weighted by Crippen LogP contribution is 2.23. The fraction of sp³-hybridized carbons (Fsp3) is 0.533. The number of carbonyl (C=O) groups excluding carboxylic acids is 5. The molecule has 15 heteroatoms. The van der Waals surface area contributed by atoms with E-state index in [-0.39, 0.29) is 55.1 Å². The average Bonchev–Trinajstić information content (AvgIpc) is 3.69. The molecule has 242 valence electrons. The average molecular weight is 626 g/mol. The lowest BCUT2D eigenvalue weighted by Crippen LogP contribution is -2.51. The first-order chi connectivity index (χ1) is 21.8. The van der Waals surface area contributed by atoms with Crippen LogP contribution in [-0.4, -0.2) is 119 Å². The molecule has 2 aliphatic heterocycles. The van der Waals surface area contributed by atoms with Crippen molar-refractivity contribution in [2.45, 2.75) is 51.1 Å². The van der Waals surface area contributed by atoms with E-state index in [4.69, 9.17) is 14.3 Å². The number of nitrogens with one attached hydrogen (secondary N) is 2. The topological polar surface area (TPSA) is 165 Å². The standard InChI is InChI=1S/C30H39N7O8/c1-2-43-30(42)45-35-16-14-34(15-17-35)25(38)19-31-28(40)23-18-27(37(33-23)22-10-4-3-5-11-22)44-20-26(39)36-13-7-12-24(36)29(41)32-21-8-6-9-21/h3-5,10-11,18,21,24H,2,6-9,12-17,19-20H2,1H3,(H,31,40)(H,32,41)/t24-/m0/s1. The summed E-state index contributed by atoms with van der Waals surface area (Å²) in [4.78, 5) is 71.4. The van der Waals surface area contributed by atoms with Crippen LogP contribution in [0.25, 0.3) is 5.69 Å². The number of hydrogen-bond donors (Lipinski definition) is 2. The largest absolute Gasteiger partial charge is 0.527 e. The maximum atomic E-state index is 13.2. The molecular weight excluding hydrogens is 586 g/mol.